The van der Waals surface area contributed by atoms with Gasteiger partial charge in [-0.15, -0.1) is 0 Å². The molecule has 0 radical (unpaired) electrons. The molecule has 0 amide bonds. The first-order valence-corrected chi connectivity index (χ1v) is 5.73. The van der Waals surface area contributed by atoms with Crippen LogP contribution in [0.1, 0.15) is 38.9 Å². The van der Waals surface area contributed by atoms with E-state index in [-0.39, 0.29) is 0 Å². The lowest BCUT2D eigenvalue weighted by molar-refractivity contribution is 0.589. The lowest BCUT2D eigenvalue weighted by Crippen LogP contribution is -2.12. The minimum Gasteiger partial charge on any atom is -0.335 e. The van der Waals surface area contributed by atoms with Crippen molar-refractivity contribution in [3.8, 4) is 0 Å². The maximum atomic E-state index is 4.39. The fourth-order valence-corrected chi connectivity index (χ4v) is 1.59. The Morgan fingerprint density at radius 2 is 2.23 bits per heavy atom. The first-order chi connectivity index (χ1) is 6.16. The normalized spacial score (nSPS) is 15.7. The number of rotatable bonds is 4. The van der Waals surface area contributed by atoms with E-state index < -0.39 is 0 Å². The van der Waals surface area contributed by atoms with Crippen molar-refractivity contribution in [1.29, 1.82) is 0 Å². The lowest BCUT2D eigenvalue weighted by atomic mass is 10.1. The highest BCUT2D eigenvalue weighted by Gasteiger charge is 2.15. The molecular weight excluding hydrogens is 228 g/mol. The second-order valence-electron chi connectivity index (χ2n) is 3.45. The van der Waals surface area contributed by atoms with Crippen LogP contribution in [0.3, 0.4) is 0 Å². The molecule has 2 atom stereocenters. The van der Waals surface area contributed by atoms with E-state index in [0.717, 1.165) is 13.0 Å². The lowest BCUT2D eigenvalue weighted by Gasteiger charge is -2.15. The zero-order chi connectivity index (χ0) is 9.84. The molecule has 0 aliphatic rings. The van der Waals surface area contributed by atoms with Gasteiger partial charge in [0.1, 0.15) is 5.82 Å². The molecule has 0 N–H and O–H groups in total. The predicted molar refractivity (Wildman–Crippen MR) is 59.3 cm³/mol. The molecular formula is C10H17BrN2. The zero-order valence-electron chi connectivity index (χ0n) is 8.50. The highest BCUT2D eigenvalue weighted by molar-refractivity contribution is 9.09. The van der Waals surface area contributed by atoms with E-state index in [1.54, 1.807) is 0 Å². The van der Waals surface area contributed by atoms with Crippen molar-refractivity contribution in [2.75, 3.05) is 0 Å². The summed E-state index contributed by atoms with van der Waals surface area (Å²) in [6.07, 6.45) is 5.11. The molecule has 3 heteroatoms. The number of aryl methyl sites for hydroxylation is 1. The van der Waals surface area contributed by atoms with Crippen molar-refractivity contribution in [2.45, 2.75) is 44.5 Å². The number of alkyl halides is 1. The molecule has 13 heavy (non-hydrogen) atoms. The Morgan fingerprint density at radius 1 is 1.54 bits per heavy atom. The maximum Gasteiger partial charge on any atom is 0.112 e. The van der Waals surface area contributed by atoms with E-state index in [0.29, 0.717) is 10.7 Å². The summed E-state index contributed by atoms with van der Waals surface area (Å²) in [4.78, 5) is 4.87. The number of aromatic nitrogens is 2. The molecule has 0 spiro atoms. The van der Waals surface area contributed by atoms with Crippen LogP contribution in [0.5, 0.6) is 0 Å². The van der Waals surface area contributed by atoms with Gasteiger partial charge >= 0.3 is 0 Å². The average molecular weight is 245 g/mol. The smallest absolute Gasteiger partial charge is 0.112 e. The summed E-state index contributed by atoms with van der Waals surface area (Å²) in [5, 5.41) is 0. The summed E-state index contributed by atoms with van der Waals surface area (Å²) >= 11 is 3.59. The van der Waals surface area contributed by atoms with Gasteiger partial charge in [-0.1, -0.05) is 36.7 Å². The van der Waals surface area contributed by atoms with Crippen molar-refractivity contribution in [1.82, 2.24) is 9.55 Å². The summed E-state index contributed by atoms with van der Waals surface area (Å²) in [7, 11) is 0. The van der Waals surface area contributed by atoms with Crippen LogP contribution >= 0.6 is 15.9 Å². The number of hydrogen-bond donors (Lipinski definition) is 0. The molecule has 0 aliphatic heterocycles. The number of halogens is 1. The van der Waals surface area contributed by atoms with Gasteiger partial charge in [0.15, 0.2) is 0 Å². The van der Waals surface area contributed by atoms with Gasteiger partial charge in [0.25, 0.3) is 0 Å². The third-order valence-corrected chi connectivity index (χ3v) is 3.10. The van der Waals surface area contributed by atoms with E-state index in [1.165, 1.54) is 5.82 Å². The minimum absolute atomic E-state index is 0.474. The second kappa shape index (κ2) is 4.80. The summed E-state index contributed by atoms with van der Waals surface area (Å²) in [6.45, 7) is 7.62. The first kappa shape index (κ1) is 10.8. The van der Waals surface area contributed by atoms with Crippen molar-refractivity contribution in [2.24, 2.45) is 0 Å². The quantitative estimate of drug-likeness (QED) is 0.745. The molecule has 0 aliphatic carbocycles. The SMILES string of the molecule is CCCn1ccnc1C(C)C(C)Br. The van der Waals surface area contributed by atoms with Crippen molar-refractivity contribution >= 4 is 15.9 Å². The van der Waals surface area contributed by atoms with Crippen LogP contribution in [0.25, 0.3) is 0 Å². The molecule has 2 unspecified atom stereocenters. The number of hydrogen-bond acceptors (Lipinski definition) is 1. The van der Waals surface area contributed by atoms with E-state index in [1.807, 2.05) is 6.20 Å². The van der Waals surface area contributed by atoms with E-state index in [9.17, 15) is 0 Å². The summed E-state index contributed by atoms with van der Waals surface area (Å²) in [6, 6.07) is 0. The van der Waals surface area contributed by atoms with E-state index in [2.05, 4.69) is 52.4 Å². The summed E-state index contributed by atoms with van der Waals surface area (Å²) in [5.74, 6) is 1.66. The molecule has 74 valence electrons. The second-order valence-corrected chi connectivity index (χ2v) is 4.89. The van der Waals surface area contributed by atoms with Gasteiger partial charge in [-0.3, -0.25) is 0 Å². The van der Waals surface area contributed by atoms with Gasteiger partial charge < -0.3 is 4.57 Å². The van der Waals surface area contributed by atoms with Crippen molar-refractivity contribution in [3.63, 3.8) is 0 Å². The Kier molecular flexibility index (Phi) is 3.97. The van der Waals surface area contributed by atoms with Crippen LogP contribution in [0.15, 0.2) is 12.4 Å². The molecule has 1 heterocycles. The minimum atomic E-state index is 0.474. The Morgan fingerprint density at radius 3 is 2.77 bits per heavy atom. The Bertz CT molecular complexity index is 255. The topological polar surface area (TPSA) is 17.8 Å². The van der Waals surface area contributed by atoms with Crippen LogP contribution in [-0.4, -0.2) is 14.4 Å². The molecule has 0 saturated heterocycles. The molecule has 1 aromatic heterocycles. The van der Waals surface area contributed by atoms with Gasteiger partial charge in [-0.2, -0.15) is 0 Å². The van der Waals surface area contributed by atoms with Crippen LogP contribution in [0.4, 0.5) is 0 Å². The van der Waals surface area contributed by atoms with Crippen LogP contribution in [0.2, 0.25) is 0 Å². The highest BCUT2D eigenvalue weighted by atomic mass is 79.9. The van der Waals surface area contributed by atoms with Gasteiger partial charge in [0, 0.05) is 29.7 Å². The summed E-state index contributed by atoms with van der Waals surface area (Å²) in [5.41, 5.74) is 0. The largest absolute Gasteiger partial charge is 0.335 e. The highest BCUT2D eigenvalue weighted by Crippen LogP contribution is 2.22. The van der Waals surface area contributed by atoms with Gasteiger partial charge in [-0.25, -0.2) is 4.98 Å². The molecule has 1 rings (SSSR count). The van der Waals surface area contributed by atoms with Crippen molar-refractivity contribution in [3.05, 3.63) is 18.2 Å². The van der Waals surface area contributed by atoms with Crippen molar-refractivity contribution < 1.29 is 0 Å². The molecule has 0 aromatic carbocycles. The molecule has 0 bridgehead atoms. The first-order valence-electron chi connectivity index (χ1n) is 4.82. The maximum absolute atomic E-state index is 4.39. The Labute approximate surface area is 88.5 Å². The number of imidazole rings is 1. The van der Waals surface area contributed by atoms with Gasteiger partial charge in [0.2, 0.25) is 0 Å². The van der Waals surface area contributed by atoms with E-state index >= 15 is 0 Å². The molecule has 2 nitrogen and oxygen atoms in total. The Balaban J connectivity index is 2.80. The third kappa shape index (κ3) is 2.56. The third-order valence-electron chi connectivity index (χ3n) is 2.31. The molecule has 0 saturated carbocycles. The standard InChI is InChI=1S/C10H17BrN2/c1-4-6-13-7-5-12-10(13)8(2)9(3)11/h5,7-9H,4,6H2,1-3H3. The van der Waals surface area contributed by atoms with Gasteiger partial charge in [-0.05, 0) is 6.42 Å². The summed E-state index contributed by atoms with van der Waals surface area (Å²) < 4.78 is 2.24. The Hall–Kier alpha value is -0.310. The average Bonchev–Trinajstić information content (AvgIpc) is 2.52. The molecule has 1 aromatic rings. The van der Waals surface area contributed by atoms with Crippen LogP contribution < -0.4 is 0 Å². The number of nitrogens with zero attached hydrogens (tertiary/aromatic N) is 2. The van der Waals surface area contributed by atoms with Gasteiger partial charge in [0.05, 0.1) is 0 Å². The van der Waals surface area contributed by atoms with Crippen LogP contribution in [0, 0.1) is 0 Å². The monoisotopic (exact) mass is 244 g/mol. The predicted octanol–water partition coefficient (Wildman–Crippen LogP) is 3.18. The fraction of sp³-hybridized carbons (Fsp3) is 0.700. The fourth-order valence-electron chi connectivity index (χ4n) is 1.36. The van der Waals surface area contributed by atoms with E-state index in [4.69, 9.17) is 0 Å². The van der Waals surface area contributed by atoms with Crippen LogP contribution in [-0.2, 0) is 6.54 Å². The zero-order valence-corrected chi connectivity index (χ0v) is 10.1. The molecule has 0 fully saturated rings.